The van der Waals surface area contributed by atoms with Gasteiger partial charge in [0.1, 0.15) is 5.78 Å². The zero-order valence-corrected chi connectivity index (χ0v) is 11.8. The van der Waals surface area contributed by atoms with Crippen LogP contribution in [0.5, 0.6) is 0 Å². The van der Waals surface area contributed by atoms with Gasteiger partial charge in [-0.05, 0) is 17.5 Å². The van der Waals surface area contributed by atoms with Crippen molar-refractivity contribution in [2.45, 2.75) is 33.1 Å². The van der Waals surface area contributed by atoms with E-state index in [0.717, 1.165) is 6.42 Å². The SMILES string of the molecule is CC(C)(C)C(=O)[C@]12C=CC=C[C@H]1c1ccccc1C2. The van der Waals surface area contributed by atoms with Gasteiger partial charge in [0.25, 0.3) is 0 Å². The first kappa shape index (κ1) is 12.4. The van der Waals surface area contributed by atoms with Gasteiger partial charge in [0.05, 0.1) is 5.41 Å². The Morgan fingerprint density at radius 1 is 1.21 bits per heavy atom. The van der Waals surface area contributed by atoms with E-state index in [9.17, 15) is 4.79 Å². The highest BCUT2D eigenvalue weighted by Gasteiger charge is 2.51. The molecular formula is C18H20O. The Labute approximate surface area is 115 Å². The lowest BCUT2D eigenvalue weighted by Crippen LogP contribution is -2.41. The first-order valence-corrected chi connectivity index (χ1v) is 6.94. The number of carbonyl (C=O) groups excluding carboxylic acids is 1. The molecule has 0 heterocycles. The van der Waals surface area contributed by atoms with Crippen molar-refractivity contribution in [2.75, 3.05) is 0 Å². The van der Waals surface area contributed by atoms with Gasteiger partial charge in [-0.25, -0.2) is 0 Å². The summed E-state index contributed by atoms with van der Waals surface area (Å²) >= 11 is 0. The van der Waals surface area contributed by atoms with Gasteiger partial charge in [-0.2, -0.15) is 0 Å². The molecule has 19 heavy (non-hydrogen) atoms. The Morgan fingerprint density at radius 3 is 2.68 bits per heavy atom. The third kappa shape index (κ3) is 1.72. The molecule has 0 aliphatic heterocycles. The third-order valence-corrected chi connectivity index (χ3v) is 4.34. The average Bonchev–Trinajstić information content (AvgIpc) is 2.72. The first-order valence-electron chi connectivity index (χ1n) is 6.94. The average molecular weight is 252 g/mol. The van der Waals surface area contributed by atoms with E-state index in [4.69, 9.17) is 0 Å². The highest BCUT2D eigenvalue weighted by atomic mass is 16.1. The molecule has 0 aromatic heterocycles. The quantitative estimate of drug-likeness (QED) is 0.737. The number of allylic oxidation sites excluding steroid dienone is 4. The minimum atomic E-state index is -0.364. The molecule has 1 nitrogen and oxygen atoms in total. The van der Waals surface area contributed by atoms with Crippen LogP contribution in [-0.4, -0.2) is 5.78 Å². The molecule has 2 atom stereocenters. The van der Waals surface area contributed by atoms with E-state index in [0.29, 0.717) is 5.78 Å². The van der Waals surface area contributed by atoms with E-state index in [1.165, 1.54) is 11.1 Å². The van der Waals surface area contributed by atoms with Crippen molar-refractivity contribution in [1.29, 1.82) is 0 Å². The topological polar surface area (TPSA) is 17.1 Å². The van der Waals surface area contributed by atoms with Gasteiger partial charge >= 0.3 is 0 Å². The van der Waals surface area contributed by atoms with Gasteiger partial charge in [0.2, 0.25) is 0 Å². The molecule has 0 fully saturated rings. The minimum absolute atomic E-state index is 0.209. The van der Waals surface area contributed by atoms with E-state index < -0.39 is 0 Å². The maximum absolute atomic E-state index is 13.0. The van der Waals surface area contributed by atoms with Crippen LogP contribution < -0.4 is 0 Å². The normalized spacial score (nSPS) is 28.1. The molecule has 98 valence electrons. The van der Waals surface area contributed by atoms with Gasteiger partial charge < -0.3 is 0 Å². The molecule has 1 heteroatoms. The zero-order valence-electron chi connectivity index (χ0n) is 11.8. The molecule has 0 radical (unpaired) electrons. The zero-order chi connectivity index (χ0) is 13.7. The van der Waals surface area contributed by atoms with Crippen molar-refractivity contribution in [2.24, 2.45) is 10.8 Å². The lowest BCUT2D eigenvalue weighted by atomic mass is 9.64. The summed E-state index contributed by atoms with van der Waals surface area (Å²) in [6, 6.07) is 8.47. The highest BCUT2D eigenvalue weighted by Crippen LogP contribution is 2.53. The number of Topliss-reactive ketones (excluding diaryl/α,β-unsaturated/α-hetero) is 1. The number of hydrogen-bond acceptors (Lipinski definition) is 1. The standard InChI is InChI=1S/C18H20O/c1-17(2,3)16(19)18-11-7-6-10-15(18)14-9-5-4-8-13(14)12-18/h4-11,15H,12H2,1-3H3/t15-,18-/m0/s1. The van der Waals surface area contributed by atoms with Crippen molar-refractivity contribution >= 4 is 5.78 Å². The molecule has 1 aromatic carbocycles. The summed E-state index contributed by atoms with van der Waals surface area (Å²) in [6.45, 7) is 6.07. The summed E-state index contributed by atoms with van der Waals surface area (Å²) in [5.41, 5.74) is 1.97. The van der Waals surface area contributed by atoms with E-state index in [1.807, 2.05) is 26.8 Å². The van der Waals surface area contributed by atoms with Crippen molar-refractivity contribution in [3.05, 3.63) is 59.7 Å². The second-order valence-electron chi connectivity index (χ2n) is 6.72. The van der Waals surface area contributed by atoms with Crippen molar-refractivity contribution in [3.63, 3.8) is 0 Å². The monoisotopic (exact) mass is 252 g/mol. The molecule has 0 saturated heterocycles. The Morgan fingerprint density at radius 2 is 1.95 bits per heavy atom. The minimum Gasteiger partial charge on any atom is -0.298 e. The van der Waals surface area contributed by atoms with E-state index in [1.54, 1.807) is 0 Å². The van der Waals surface area contributed by atoms with Gasteiger partial charge in [-0.3, -0.25) is 4.79 Å². The Balaban J connectivity index is 2.14. The number of ketones is 1. The van der Waals surface area contributed by atoms with Crippen LogP contribution in [0.25, 0.3) is 0 Å². The molecule has 0 saturated carbocycles. The van der Waals surface area contributed by atoms with Gasteiger partial charge in [-0.1, -0.05) is 69.3 Å². The number of carbonyl (C=O) groups is 1. The van der Waals surface area contributed by atoms with Crippen LogP contribution in [0.2, 0.25) is 0 Å². The third-order valence-electron chi connectivity index (χ3n) is 4.34. The molecule has 0 amide bonds. The largest absolute Gasteiger partial charge is 0.298 e. The van der Waals surface area contributed by atoms with Crippen LogP contribution >= 0.6 is 0 Å². The second kappa shape index (κ2) is 3.93. The van der Waals surface area contributed by atoms with E-state index >= 15 is 0 Å². The molecule has 0 spiro atoms. The summed E-state index contributed by atoms with van der Waals surface area (Å²) in [5.74, 6) is 0.558. The maximum atomic E-state index is 13.0. The van der Waals surface area contributed by atoms with Crippen LogP contribution in [-0.2, 0) is 11.2 Å². The molecule has 1 aromatic rings. The molecule has 2 aliphatic rings. The molecule has 0 bridgehead atoms. The van der Waals surface area contributed by atoms with Crippen LogP contribution in [0.15, 0.2) is 48.6 Å². The van der Waals surface area contributed by atoms with E-state index in [-0.39, 0.29) is 16.7 Å². The Hall–Kier alpha value is -1.63. The Bertz CT molecular complexity index is 586. The molecule has 0 N–H and O–H groups in total. The fraction of sp³-hybridized carbons (Fsp3) is 0.389. The lowest BCUT2D eigenvalue weighted by molar-refractivity contribution is -0.134. The molecule has 2 aliphatic carbocycles. The van der Waals surface area contributed by atoms with Crippen LogP contribution in [0.1, 0.15) is 37.8 Å². The molecule has 0 unspecified atom stereocenters. The summed E-state index contributed by atoms with van der Waals surface area (Å²) in [6.07, 6.45) is 9.26. The van der Waals surface area contributed by atoms with Crippen LogP contribution in [0.4, 0.5) is 0 Å². The summed E-state index contributed by atoms with van der Waals surface area (Å²) < 4.78 is 0. The summed E-state index contributed by atoms with van der Waals surface area (Å²) in [7, 11) is 0. The smallest absolute Gasteiger partial charge is 0.149 e. The number of hydrogen-bond donors (Lipinski definition) is 0. The van der Waals surface area contributed by atoms with Gasteiger partial charge in [0.15, 0.2) is 0 Å². The van der Waals surface area contributed by atoms with Gasteiger partial charge in [0, 0.05) is 11.3 Å². The Kier molecular flexibility index (Phi) is 2.57. The lowest BCUT2D eigenvalue weighted by Gasteiger charge is -2.37. The predicted octanol–water partition coefficient (Wildman–Crippen LogP) is 4.05. The van der Waals surface area contributed by atoms with Crippen molar-refractivity contribution in [1.82, 2.24) is 0 Å². The summed E-state index contributed by atoms with van der Waals surface area (Å²) in [4.78, 5) is 13.0. The van der Waals surface area contributed by atoms with Crippen LogP contribution in [0.3, 0.4) is 0 Å². The number of rotatable bonds is 1. The van der Waals surface area contributed by atoms with Crippen molar-refractivity contribution in [3.8, 4) is 0 Å². The fourth-order valence-electron chi connectivity index (χ4n) is 3.54. The molecule has 3 rings (SSSR count). The second-order valence-corrected chi connectivity index (χ2v) is 6.72. The highest BCUT2D eigenvalue weighted by molar-refractivity contribution is 5.94. The maximum Gasteiger partial charge on any atom is 0.149 e. The first-order chi connectivity index (χ1) is 8.95. The number of fused-ring (bicyclic) bond motifs is 3. The summed E-state index contributed by atoms with van der Waals surface area (Å²) in [5, 5.41) is 0. The van der Waals surface area contributed by atoms with E-state index in [2.05, 4.69) is 42.5 Å². The van der Waals surface area contributed by atoms with Gasteiger partial charge in [-0.15, -0.1) is 0 Å². The number of benzene rings is 1. The molecular weight excluding hydrogens is 232 g/mol. The van der Waals surface area contributed by atoms with Crippen molar-refractivity contribution < 1.29 is 4.79 Å². The van der Waals surface area contributed by atoms with Crippen LogP contribution in [0, 0.1) is 10.8 Å². The fourth-order valence-corrected chi connectivity index (χ4v) is 3.54. The predicted molar refractivity (Wildman–Crippen MR) is 78.1 cm³/mol.